The van der Waals surface area contributed by atoms with Crippen LogP contribution in [0.4, 0.5) is 10.7 Å². The van der Waals surface area contributed by atoms with Crippen LogP contribution in [0.1, 0.15) is 15.9 Å². The van der Waals surface area contributed by atoms with Gasteiger partial charge in [0.1, 0.15) is 11.1 Å². The Kier molecular flexibility index (Phi) is 7.31. The Balaban J connectivity index is 1.30. The molecule has 172 valence electrons. The Morgan fingerprint density at radius 2 is 1.88 bits per heavy atom. The summed E-state index contributed by atoms with van der Waals surface area (Å²) in [7, 11) is 0. The lowest BCUT2D eigenvalue weighted by Gasteiger charge is -2.10. The van der Waals surface area contributed by atoms with E-state index in [2.05, 4.69) is 10.6 Å². The fourth-order valence-corrected chi connectivity index (χ4v) is 4.54. The van der Waals surface area contributed by atoms with Gasteiger partial charge in [0.2, 0.25) is 12.7 Å². The van der Waals surface area contributed by atoms with Crippen LogP contribution in [0, 0.1) is 11.3 Å². The normalized spacial score (nSPS) is 11.4. The highest BCUT2D eigenvalue weighted by molar-refractivity contribution is 8.00. The summed E-state index contributed by atoms with van der Waals surface area (Å²) in [4.78, 5) is 37.6. The Bertz CT molecular complexity index is 1280. The summed E-state index contributed by atoms with van der Waals surface area (Å²) in [6, 6.07) is 15.3. The standard InChI is InChI=1S/C23H17N3O6S2/c24-10-14-7-8-33-22(14)26-20(27)11-30-23(29)16-3-1-2-4-19(16)34-12-21(28)25-15-5-6-17-18(9-15)32-13-31-17/h1-9H,11-13H2,(H,25,28)(H,26,27). The molecule has 0 radical (unpaired) electrons. The molecule has 0 atom stereocenters. The maximum absolute atomic E-state index is 12.5. The highest BCUT2D eigenvalue weighted by atomic mass is 32.2. The zero-order chi connectivity index (χ0) is 23.9. The van der Waals surface area contributed by atoms with E-state index in [9.17, 15) is 14.4 Å². The summed E-state index contributed by atoms with van der Waals surface area (Å²) in [6.07, 6.45) is 0. The van der Waals surface area contributed by atoms with Gasteiger partial charge in [-0.25, -0.2) is 4.79 Å². The van der Waals surface area contributed by atoms with Gasteiger partial charge in [0.15, 0.2) is 18.1 Å². The van der Waals surface area contributed by atoms with Crippen molar-refractivity contribution in [3.8, 4) is 17.6 Å². The molecule has 0 bridgehead atoms. The number of fused-ring (bicyclic) bond motifs is 1. The average Bonchev–Trinajstić information content (AvgIpc) is 3.50. The van der Waals surface area contributed by atoms with Crippen LogP contribution in [-0.2, 0) is 14.3 Å². The Morgan fingerprint density at radius 1 is 1.06 bits per heavy atom. The lowest BCUT2D eigenvalue weighted by molar-refractivity contribution is -0.119. The van der Waals surface area contributed by atoms with E-state index >= 15 is 0 Å². The van der Waals surface area contributed by atoms with Crippen molar-refractivity contribution < 1.29 is 28.6 Å². The molecular weight excluding hydrogens is 478 g/mol. The maximum Gasteiger partial charge on any atom is 0.339 e. The molecule has 2 heterocycles. The molecule has 1 aliphatic rings. The highest BCUT2D eigenvalue weighted by Crippen LogP contribution is 2.34. The maximum atomic E-state index is 12.5. The van der Waals surface area contributed by atoms with Crippen LogP contribution in [0.3, 0.4) is 0 Å². The lowest BCUT2D eigenvalue weighted by atomic mass is 10.2. The molecule has 0 unspecified atom stereocenters. The van der Waals surface area contributed by atoms with Crippen molar-refractivity contribution in [2.24, 2.45) is 0 Å². The number of anilines is 2. The molecule has 2 amide bonds. The van der Waals surface area contributed by atoms with E-state index in [1.165, 1.54) is 23.1 Å². The van der Waals surface area contributed by atoms with Gasteiger partial charge >= 0.3 is 5.97 Å². The zero-order valence-electron chi connectivity index (χ0n) is 17.5. The van der Waals surface area contributed by atoms with Gasteiger partial charge in [-0.1, -0.05) is 12.1 Å². The Labute approximate surface area is 202 Å². The third-order valence-corrected chi connectivity index (χ3v) is 6.40. The summed E-state index contributed by atoms with van der Waals surface area (Å²) in [5, 5.41) is 16.4. The van der Waals surface area contributed by atoms with E-state index in [-0.39, 0.29) is 24.0 Å². The first kappa shape index (κ1) is 23.2. The topological polar surface area (TPSA) is 127 Å². The van der Waals surface area contributed by atoms with E-state index in [0.29, 0.717) is 32.6 Å². The quantitative estimate of drug-likeness (QED) is 0.356. The molecule has 2 aromatic carbocycles. The molecule has 0 aliphatic carbocycles. The van der Waals surface area contributed by atoms with Crippen LogP contribution in [-0.4, -0.2) is 36.9 Å². The molecule has 3 aromatic rings. The SMILES string of the molecule is N#Cc1ccsc1NC(=O)COC(=O)c1ccccc1SCC(=O)Nc1ccc2c(c1)OCO2. The molecule has 0 saturated heterocycles. The Morgan fingerprint density at radius 3 is 2.74 bits per heavy atom. The minimum absolute atomic E-state index is 0.0501. The van der Waals surface area contributed by atoms with Crippen LogP contribution >= 0.6 is 23.1 Å². The van der Waals surface area contributed by atoms with Gasteiger partial charge in [0.05, 0.1) is 16.9 Å². The zero-order valence-corrected chi connectivity index (χ0v) is 19.2. The van der Waals surface area contributed by atoms with Crippen molar-refractivity contribution in [3.63, 3.8) is 0 Å². The number of benzene rings is 2. The third kappa shape index (κ3) is 5.67. The number of nitriles is 1. The fourth-order valence-electron chi connectivity index (χ4n) is 2.94. The number of carbonyl (C=O) groups excluding carboxylic acids is 3. The summed E-state index contributed by atoms with van der Waals surface area (Å²) in [5.41, 5.74) is 1.15. The number of amides is 2. The lowest BCUT2D eigenvalue weighted by Crippen LogP contribution is -2.21. The Hall–Kier alpha value is -4.01. The smallest absolute Gasteiger partial charge is 0.339 e. The van der Waals surface area contributed by atoms with Crippen LogP contribution in [0.5, 0.6) is 11.5 Å². The molecule has 1 aromatic heterocycles. The van der Waals surface area contributed by atoms with Crippen LogP contribution in [0.2, 0.25) is 0 Å². The average molecular weight is 496 g/mol. The number of nitrogens with one attached hydrogen (secondary N) is 2. The number of ether oxygens (including phenoxy) is 3. The van der Waals surface area contributed by atoms with Crippen LogP contribution < -0.4 is 20.1 Å². The third-order valence-electron chi connectivity index (χ3n) is 4.50. The number of nitrogens with zero attached hydrogens (tertiary/aromatic N) is 1. The number of thiophene rings is 1. The molecule has 1 aliphatic heterocycles. The van der Waals surface area contributed by atoms with Crippen molar-refractivity contribution >= 4 is 51.6 Å². The van der Waals surface area contributed by atoms with Crippen molar-refractivity contribution in [2.45, 2.75) is 4.90 Å². The molecular formula is C23H17N3O6S2. The number of hydrogen-bond acceptors (Lipinski definition) is 9. The molecule has 34 heavy (non-hydrogen) atoms. The van der Waals surface area contributed by atoms with E-state index in [4.69, 9.17) is 19.5 Å². The first-order valence-electron chi connectivity index (χ1n) is 9.89. The molecule has 2 N–H and O–H groups in total. The van der Waals surface area contributed by atoms with Crippen LogP contribution in [0.25, 0.3) is 0 Å². The first-order chi connectivity index (χ1) is 16.5. The van der Waals surface area contributed by atoms with Crippen molar-refractivity contribution in [1.82, 2.24) is 0 Å². The summed E-state index contributed by atoms with van der Waals surface area (Å²) >= 11 is 2.37. The number of hydrogen-bond donors (Lipinski definition) is 2. The number of thioether (sulfide) groups is 1. The monoisotopic (exact) mass is 495 g/mol. The van der Waals surface area contributed by atoms with Gasteiger partial charge < -0.3 is 24.8 Å². The molecule has 0 saturated carbocycles. The minimum Gasteiger partial charge on any atom is -0.454 e. The van der Waals surface area contributed by atoms with Gasteiger partial charge in [0, 0.05) is 16.6 Å². The van der Waals surface area contributed by atoms with Gasteiger partial charge in [-0.3, -0.25) is 9.59 Å². The van der Waals surface area contributed by atoms with E-state index in [1.54, 1.807) is 53.9 Å². The van der Waals surface area contributed by atoms with Gasteiger partial charge in [0.25, 0.3) is 5.91 Å². The van der Waals surface area contributed by atoms with Crippen molar-refractivity contribution in [1.29, 1.82) is 5.26 Å². The van der Waals surface area contributed by atoms with Crippen LogP contribution in [0.15, 0.2) is 58.8 Å². The van der Waals surface area contributed by atoms with E-state index < -0.39 is 18.5 Å². The second-order valence-corrected chi connectivity index (χ2v) is 8.73. The molecule has 0 spiro atoms. The predicted molar refractivity (Wildman–Crippen MR) is 126 cm³/mol. The summed E-state index contributed by atoms with van der Waals surface area (Å²) in [6.45, 7) is -0.364. The minimum atomic E-state index is -0.693. The van der Waals surface area contributed by atoms with E-state index in [1.807, 2.05) is 6.07 Å². The van der Waals surface area contributed by atoms with Gasteiger partial charge in [-0.15, -0.1) is 23.1 Å². The van der Waals surface area contributed by atoms with Crippen molar-refractivity contribution in [3.05, 3.63) is 65.0 Å². The summed E-state index contributed by atoms with van der Waals surface area (Å²) in [5.74, 6) is -0.286. The highest BCUT2D eigenvalue weighted by Gasteiger charge is 2.18. The van der Waals surface area contributed by atoms with Gasteiger partial charge in [-0.2, -0.15) is 5.26 Å². The molecule has 4 rings (SSSR count). The van der Waals surface area contributed by atoms with Gasteiger partial charge in [-0.05, 0) is 35.7 Å². The largest absolute Gasteiger partial charge is 0.454 e. The fraction of sp³-hybridized carbons (Fsp3) is 0.130. The second-order valence-electron chi connectivity index (χ2n) is 6.80. The number of carbonyl (C=O) groups is 3. The molecule has 11 heteroatoms. The number of esters is 1. The number of rotatable bonds is 8. The van der Waals surface area contributed by atoms with E-state index in [0.717, 1.165) is 0 Å². The summed E-state index contributed by atoms with van der Waals surface area (Å²) < 4.78 is 15.7. The molecule has 9 nitrogen and oxygen atoms in total. The predicted octanol–water partition coefficient (Wildman–Crippen LogP) is 3.87. The first-order valence-corrected chi connectivity index (χ1v) is 11.8. The van der Waals surface area contributed by atoms with Crippen molar-refractivity contribution in [2.75, 3.05) is 29.8 Å². The molecule has 0 fully saturated rings. The second kappa shape index (κ2) is 10.7.